The zero-order valence-corrected chi connectivity index (χ0v) is 15.6. The second kappa shape index (κ2) is 6.83. The highest BCUT2D eigenvalue weighted by atomic mass is 32.1. The van der Waals surface area contributed by atoms with Gasteiger partial charge in [-0.25, -0.2) is 9.78 Å². The fourth-order valence-electron chi connectivity index (χ4n) is 3.67. The van der Waals surface area contributed by atoms with Gasteiger partial charge < -0.3 is 10.1 Å². The third-order valence-corrected chi connectivity index (χ3v) is 6.18. The molecule has 5 rings (SSSR count). The molecular formula is C20H20N4O2S. The molecule has 2 aliphatic heterocycles. The summed E-state index contributed by atoms with van der Waals surface area (Å²) in [6.45, 7) is 2.22. The van der Waals surface area contributed by atoms with Crippen molar-refractivity contribution in [1.29, 1.82) is 0 Å². The van der Waals surface area contributed by atoms with E-state index >= 15 is 0 Å². The Morgan fingerprint density at radius 3 is 2.96 bits per heavy atom. The minimum Gasteiger partial charge on any atom is -0.373 e. The summed E-state index contributed by atoms with van der Waals surface area (Å²) in [7, 11) is 0. The zero-order chi connectivity index (χ0) is 18.2. The SMILES string of the molecule is O=C1NCCN1c1cccc(-n2ccnc2-c2ccc([C@H]3CCCO3)s2)c1. The van der Waals surface area contributed by atoms with Gasteiger partial charge in [0.2, 0.25) is 0 Å². The number of nitrogens with one attached hydrogen (secondary N) is 1. The molecule has 0 saturated carbocycles. The van der Waals surface area contributed by atoms with E-state index in [-0.39, 0.29) is 12.1 Å². The van der Waals surface area contributed by atoms with Gasteiger partial charge in [0.05, 0.1) is 11.0 Å². The second-order valence-electron chi connectivity index (χ2n) is 6.73. The van der Waals surface area contributed by atoms with Crippen molar-refractivity contribution < 1.29 is 9.53 Å². The molecule has 4 heterocycles. The second-order valence-corrected chi connectivity index (χ2v) is 7.84. The van der Waals surface area contributed by atoms with Gasteiger partial charge in [0, 0.05) is 48.3 Å². The normalized spacial score (nSPS) is 19.6. The number of benzene rings is 1. The van der Waals surface area contributed by atoms with E-state index in [9.17, 15) is 4.79 Å². The van der Waals surface area contributed by atoms with E-state index in [1.54, 1.807) is 16.2 Å². The number of hydrogen-bond donors (Lipinski definition) is 1. The van der Waals surface area contributed by atoms with Gasteiger partial charge in [-0.3, -0.25) is 9.47 Å². The molecule has 27 heavy (non-hydrogen) atoms. The Morgan fingerprint density at radius 2 is 2.15 bits per heavy atom. The molecule has 2 aliphatic rings. The summed E-state index contributed by atoms with van der Waals surface area (Å²) in [5, 5.41) is 2.85. The maximum atomic E-state index is 12.0. The number of imidazole rings is 1. The van der Waals surface area contributed by atoms with Crippen LogP contribution in [0, 0.1) is 0 Å². The molecule has 2 aromatic heterocycles. The van der Waals surface area contributed by atoms with Crippen LogP contribution in [0.15, 0.2) is 48.8 Å². The van der Waals surface area contributed by atoms with Gasteiger partial charge in [0.25, 0.3) is 0 Å². The summed E-state index contributed by atoms with van der Waals surface area (Å²) in [4.78, 5) is 20.7. The number of anilines is 1. The monoisotopic (exact) mass is 380 g/mol. The maximum absolute atomic E-state index is 12.0. The van der Waals surface area contributed by atoms with Crippen molar-refractivity contribution in [1.82, 2.24) is 14.9 Å². The van der Waals surface area contributed by atoms with Gasteiger partial charge >= 0.3 is 6.03 Å². The Bertz CT molecular complexity index is 974. The number of ether oxygens (including phenoxy) is 1. The highest BCUT2D eigenvalue weighted by Crippen LogP contribution is 2.37. The van der Waals surface area contributed by atoms with Crippen LogP contribution in [0.4, 0.5) is 10.5 Å². The molecule has 0 bridgehead atoms. The quantitative estimate of drug-likeness (QED) is 0.745. The summed E-state index contributed by atoms with van der Waals surface area (Å²) < 4.78 is 7.88. The van der Waals surface area contributed by atoms with E-state index in [0.29, 0.717) is 13.1 Å². The predicted molar refractivity (Wildman–Crippen MR) is 106 cm³/mol. The first-order valence-electron chi connectivity index (χ1n) is 9.20. The summed E-state index contributed by atoms with van der Waals surface area (Å²) in [6, 6.07) is 12.2. The highest BCUT2D eigenvalue weighted by molar-refractivity contribution is 7.15. The molecular weight excluding hydrogens is 360 g/mol. The van der Waals surface area contributed by atoms with Crippen molar-refractivity contribution in [3.63, 3.8) is 0 Å². The van der Waals surface area contributed by atoms with Crippen molar-refractivity contribution >= 4 is 23.1 Å². The van der Waals surface area contributed by atoms with Crippen molar-refractivity contribution in [2.75, 3.05) is 24.6 Å². The molecule has 0 spiro atoms. The average Bonchev–Trinajstić information content (AvgIpc) is 3.47. The van der Waals surface area contributed by atoms with Crippen LogP contribution in [0.1, 0.15) is 23.8 Å². The van der Waals surface area contributed by atoms with Gasteiger partial charge in [0.15, 0.2) is 5.82 Å². The average molecular weight is 380 g/mol. The van der Waals surface area contributed by atoms with Crippen molar-refractivity contribution in [2.24, 2.45) is 0 Å². The van der Waals surface area contributed by atoms with Gasteiger partial charge in [0.1, 0.15) is 0 Å². The number of nitrogens with zero attached hydrogens (tertiary/aromatic N) is 3. The first-order chi connectivity index (χ1) is 13.3. The van der Waals surface area contributed by atoms with E-state index in [2.05, 4.69) is 27.0 Å². The third-order valence-electron chi connectivity index (χ3n) is 5.01. The van der Waals surface area contributed by atoms with E-state index in [4.69, 9.17) is 4.74 Å². The molecule has 1 aromatic carbocycles. The standard InChI is InChI=1S/C20H20N4O2S/c25-20-22-9-11-24(20)15-4-1-3-14(13-15)23-10-8-21-19(23)18-7-6-17(27-18)16-5-2-12-26-16/h1,3-4,6-8,10,13,16H,2,5,9,11-12H2,(H,22,25)/t16-/m1/s1. The van der Waals surface area contributed by atoms with Crippen LogP contribution in [0.5, 0.6) is 0 Å². The summed E-state index contributed by atoms with van der Waals surface area (Å²) in [6.07, 6.45) is 6.22. The number of carbonyl (C=O) groups is 1. The van der Waals surface area contributed by atoms with Gasteiger partial charge in [-0.1, -0.05) is 6.07 Å². The van der Waals surface area contributed by atoms with Crippen LogP contribution >= 0.6 is 11.3 Å². The fraction of sp³-hybridized carbons (Fsp3) is 0.300. The molecule has 1 N–H and O–H groups in total. The van der Waals surface area contributed by atoms with E-state index in [1.165, 1.54) is 4.88 Å². The van der Waals surface area contributed by atoms with E-state index in [0.717, 1.165) is 41.5 Å². The van der Waals surface area contributed by atoms with Crippen LogP contribution in [-0.4, -0.2) is 35.3 Å². The Hall–Kier alpha value is -2.64. The maximum Gasteiger partial charge on any atom is 0.321 e. The van der Waals surface area contributed by atoms with Crippen molar-refractivity contribution in [3.05, 3.63) is 53.7 Å². The predicted octanol–water partition coefficient (Wildman–Crippen LogP) is 3.98. The lowest BCUT2D eigenvalue weighted by atomic mass is 10.2. The number of thiophene rings is 1. The molecule has 3 aromatic rings. The minimum absolute atomic E-state index is 0.0440. The third kappa shape index (κ3) is 3.02. The summed E-state index contributed by atoms with van der Waals surface area (Å²) >= 11 is 1.74. The largest absolute Gasteiger partial charge is 0.373 e. The Morgan fingerprint density at radius 1 is 1.22 bits per heavy atom. The van der Waals surface area contributed by atoms with Crippen LogP contribution < -0.4 is 10.2 Å². The molecule has 0 aliphatic carbocycles. The number of amides is 2. The van der Waals surface area contributed by atoms with Crippen LogP contribution in [0.2, 0.25) is 0 Å². The molecule has 2 fully saturated rings. The fourth-order valence-corrected chi connectivity index (χ4v) is 4.76. The lowest BCUT2D eigenvalue weighted by Crippen LogP contribution is -2.27. The molecule has 1 atom stereocenters. The number of urea groups is 1. The van der Waals surface area contributed by atoms with Gasteiger partial charge in [-0.05, 0) is 43.2 Å². The first kappa shape index (κ1) is 16.5. The molecule has 2 saturated heterocycles. The summed E-state index contributed by atoms with van der Waals surface area (Å²) in [5.41, 5.74) is 1.89. The lowest BCUT2D eigenvalue weighted by Gasteiger charge is -2.16. The number of hydrogen-bond acceptors (Lipinski definition) is 4. The molecule has 138 valence electrons. The smallest absolute Gasteiger partial charge is 0.321 e. The van der Waals surface area contributed by atoms with Crippen molar-refractivity contribution in [2.45, 2.75) is 18.9 Å². The lowest BCUT2D eigenvalue weighted by molar-refractivity contribution is 0.114. The topological polar surface area (TPSA) is 59.4 Å². The van der Waals surface area contributed by atoms with Crippen LogP contribution in [-0.2, 0) is 4.74 Å². The molecule has 2 amide bonds. The zero-order valence-electron chi connectivity index (χ0n) is 14.8. The van der Waals surface area contributed by atoms with Crippen molar-refractivity contribution in [3.8, 4) is 16.4 Å². The number of carbonyl (C=O) groups excluding carboxylic acids is 1. The number of rotatable bonds is 4. The molecule has 0 unspecified atom stereocenters. The minimum atomic E-state index is -0.0440. The Balaban J connectivity index is 1.47. The Kier molecular flexibility index (Phi) is 4.18. The van der Waals surface area contributed by atoms with Gasteiger partial charge in [-0.2, -0.15) is 0 Å². The van der Waals surface area contributed by atoms with Crippen LogP contribution in [0.25, 0.3) is 16.4 Å². The Labute approximate surface area is 161 Å². The van der Waals surface area contributed by atoms with E-state index in [1.807, 2.05) is 36.7 Å². The van der Waals surface area contributed by atoms with E-state index < -0.39 is 0 Å². The molecule has 6 nitrogen and oxygen atoms in total. The molecule has 7 heteroatoms. The van der Waals surface area contributed by atoms with Crippen LogP contribution in [0.3, 0.4) is 0 Å². The number of aromatic nitrogens is 2. The highest BCUT2D eigenvalue weighted by Gasteiger charge is 2.23. The molecule has 0 radical (unpaired) electrons. The summed E-state index contributed by atoms with van der Waals surface area (Å²) in [5.74, 6) is 0.910. The van der Waals surface area contributed by atoms with Gasteiger partial charge in [-0.15, -0.1) is 11.3 Å². The first-order valence-corrected chi connectivity index (χ1v) is 10.0.